The molecule has 3 aromatic rings. The van der Waals surface area contributed by atoms with Crippen molar-refractivity contribution in [2.45, 2.75) is 35.3 Å². The van der Waals surface area contributed by atoms with Gasteiger partial charge in [0.1, 0.15) is 11.3 Å². The molecule has 0 radical (unpaired) electrons. The molecule has 208 valence electrons. The number of sulfone groups is 1. The smallest absolute Gasteiger partial charge is 0.497 e. The van der Waals surface area contributed by atoms with Gasteiger partial charge in [-0.3, -0.25) is 14.6 Å². The molecule has 1 aliphatic carbocycles. The number of methoxy groups -OCH3 is 1. The third kappa shape index (κ3) is 4.53. The molecule has 2 aliphatic rings. The minimum absolute atomic E-state index is 0.0624. The Morgan fingerprint density at radius 2 is 1.70 bits per heavy atom. The summed E-state index contributed by atoms with van der Waals surface area (Å²) < 4.78 is 67.2. The van der Waals surface area contributed by atoms with Crippen molar-refractivity contribution in [3.8, 4) is 5.75 Å². The molecule has 1 spiro atoms. The standard InChI is InChI=1S/C26H21F3N4O6S/c1-39-19-6-2-16(3-7-19)22(34)31-21-14-30-13-10-17(21)15-32-24(36)33(23(35)25(32)11-12-25)18-4-8-20(9-5-18)40(37,38)26(27,28)29/h2-10,13-14H,11-12,15H2,1H3,(H,31,34). The summed E-state index contributed by atoms with van der Waals surface area (Å²) in [5, 5.41) is 2.76. The highest BCUT2D eigenvalue weighted by Gasteiger charge is 2.65. The number of anilines is 2. The number of carbonyl (C=O) groups excluding carboxylic acids is 3. The molecule has 10 nitrogen and oxygen atoms in total. The van der Waals surface area contributed by atoms with Crippen LogP contribution in [0.3, 0.4) is 0 Å². The Morgan fingerprint density at radius 1 is 1.05 bits per heavy atom. The number of hydrogen-bond acceptors (Lipinski definition) is 7. The van der Waals surface area contributed by atoms with Crippen LogP contribution < -0.4 is 15.0 Å². The monoisotopic (exact) mass is 574 g/mol. The third-order valence-corrected chi connectivity index (χ3v) is 8.32. The summed E-state index contributed by atoms with van der Waals surface area (Å²) in [4.78, 5) is 44.8. The number of nitrogens with one attached hydrogen (secondary N) is 1. The van der Waals surface area contributed by atoms with Crippen molar-refractivity contribution in [3.05, 3.63) is 78.1 Å². The number of nitrogens with zero attached hydrogens (tertiary/aromatic N) is 3. The molecule has 1 saturated carbocycles. The molecular formula is C26H21F3N4O6S. The lowest BCUT2D eigenvalue weighted by atomic mass is 10.1. The quantitative estimate of drug-likeness (QED) is 0.421. The van der Waals surface area contributed by atoms with Crippen LogP contribution in [0, 0.1) is 0 Å². The van der Waals surface area contributed by atoms with Crippen molar-refractivity contribution in [1.29, 1.82) is 0 Å². The van der Waals surface area contributed by atoms with Crippen LogP contribution in [0.5, 0.6) is 5.75 Å². The maximum absolute atomic E-state index is 13.5. The van der Waals surface area contributed by atoms with Crippen molar-refractivity contribution in [2.24, 2.45) is 0 Å². The van der Waals surface area contributed by atoms with Crippen molar-refractivity contribution in [3.63, 3.8) is 0 Å². The number of carbonyl (C=O) groups is 3. The number of urea groups is 1. The number of pyridine rings is 1. The molecule has 5 rings (SSSR count). The maximum Gasteiger partial charge on any atom is 0.501 e. The van der Waals surface area contributed by atoms with E-state index in [0.717, 1.165) is 17.0 Å². The third-order valence-electron chi connectivity index (χ3n) is 6.81. The minimum Gasteiger partial charge on any atom is -0.497 e. The first-order valence-electron chi connectivity index (χ1n) is 11.8. The fourth-order valence-corrected chi connectivity index (χ4v) is 5.21. The second kappa shape index (κ2) is 9.62. The molecule has 2 fully saturated rings. The molecule has 1 saturated heterocycles. The van der Waals surface area contributed by atoms with Gasteiger partial charge >= 0.3 is 11.5 Å². The lowest BCUT2D eigenvalue weighted by molar-refractivity contribution is -0.120. The predicted octanol–water partition coefficient (Wildman–Crippen LogP) is 4.14. The van der Waals surface area contributed by atoms with E-state index in [9.17, 15) is 36.0 Å². The Balaban J connectivity index is 1.38. The zero-order chi connectivity index (χ0) is 28.9. The zero-order valence-electron chi connectivity index (χ0n) is 20.8. The van der Waals surface area contributed by atoms with Crippen LogP contribution in [0.1, 0.15) is 28.8 Å². The topological polar surface area (TPSA) is 126 Å². The first kappa shape index (κ1) is 27.1. The highest BCUT2D eigenvalue weighted by molar-refractivity contribution is 7.92. The largest absolute Gasteiger partial charge is 0.501 e. The number of halogens is 3. The summed E-state index contributed by atoms with van der Waals surface area (Å²) in [5.74, 6) is -0.425. The fraction of sp³-hybridized carbons (Fsp3) is 0.231. The first-order valence-corrected chi connectivity index (χ1v) is 13.3. The van der Waals surface area contributed by atoms with E-state index in [1.807, 2.05) is 0 Å². The number of rotatable bonds is 7. The lowest BCUT2D eigenvalue weighted by Gasteiger charge is -2.22. The number of alkyl halides is 3. The molecule has 40 heavy (non-hydrogen) atoms. The van der Waals surface area contributed by atoms with Crippen LogP contribution in [-0.4, -0.2) is 54.3 Å². The summed E-state index contributed by atoms with van der Waals surface area (Å²) in [7, 11) is -4.09. The normalized spacial score (nSPS) is 16.4. The van der Waals surface area contributed by atoms with E-state index in [1.54, 1.807) is 30.3 Å². The van der Waals surface area contributed by atoms with E-state index in [0.29, 0.717) is 47.5 Å². The molecule has 4 amide bonds. The van der Waals surface area contributed by atoms with E-state index in [2.05, 4.69) is 10.3 Å². The summed E-state index contributed by atoms with van der Waals surface area (Å²) in [6.07, 6.45) is 3.62. The first-order chi connectivity index (χ1) is 18.9. The SMILES string of the molecule is COc1ccc(C(=O)Nc2cnccc2CN2C(=O)N(c3ccc(S(=O)(=O)C(F)(F)F)cc3)C(=O)C23CC3)cc1. The number of hydrogen-bond donors (Lipinski definition) is 1. The number of amides is 4. The van der Waals surface area contributed by atoms with Crippen LogP contribution in [0.25, 0.3) is 0 Å². The maximum atomic E-state index is 13.5. The Bertz CT molecular complexity index is 1600. The molecule has 1 aromatic heterocycles. The van der Waals surface area contributed by atoms with Crippen LogP contribution in [0.4, 0.5) is 29.3 Å². The van der Waals surface area contributed by atoms with Gasteiger partial charge < -0.3 is 15.0 Å². The fourth-order valence-electron chi connectivity index (χ4n) is 4.45. The van der Waals surface area contributed by atoms with Crippen LogP contribution >= 0.6 is 0 Å². The molecule has 0 bridgehead atoms. The molecule has 14 heteroatoms. The molecule has 2 aromatic carbocycles. The van der Waals surface area contributed by atoms with Crippen molar-refractivity contribution in [1.82, 2.24) is 9.88 Å². The molecule has 1 N–H and O–H groups in total. The second-order valence-corrected chi connectivity index (χ2v) is 11.1. The lowest BCUT2D eigenvalue weighted by Crippen LogP contribution is -2.36. The van der Waals surface area contributed by atoms with Crippen molar-refractivity contribution >= 4 is 39.1 Å². The number of benzene rings is 2. The number of ether oxygens (including phenoxy) is 1. The average molecular weight is 575 g/mol. The molecule has 0 atom stereocenters. The predicted molar refractivity (Wildman–Crippen MR) is 135 cm³/mol. The van der Waals surface area contributed by atoms with Gasteiger partial charge in [0.2, 0.25) is 0 Å². The van der Waals surface area contributed by atoms with Gasteiger partial charge in [0.15, 0.2) is 0 Å². The Labute approximate surface area is 226 Å². The van der Waals surface area contributed by atoms with Gasteiger partial charge in [0, 0.05) is 11.8 Å². The van der Waals surface area contributed by atoms with Crippen LogP contribution in [-0.2, 0) is 21.2 Å². The minimum atomic E-state index is -5.59. The van der Waals surface area contributed by atoms with Crippen LogP contribution in [0.15, 0.2) is 71.9 Å². The van der Waals surface area contributed by atoms with Gasteiger partial charge in [-0.25, -0.2) is 18.1 Å². The van der Waals surface area contributed by atoms with Gasteiger partial charge in [0.05, 0.1) is 36.1 Å². The molecule has 0 unspecified atom stereocenters. The van der Waals surface area contributed by atoms with Crippen molar-refractivity contribution in [2.75, 3.05) is 17.3 Å². The van der Waals surface area contributed by atoms with Crippen molar-refractivity contribution < 1.29 is 40.7 Å². The Hall–Kier alpha value is -4.46. The van der Waals surface area contributed by atoms with Gasteiger partial charge in [-0.2, -0.15) is 13.2 Å². The highest BCUT2D eigenvalue weighted by Crippen LogP contribution is 2.50. The highest BCUT2D eigenvalue weighted by atomic mass is 32.2. The van der Waals surface area contributed by atoms with E-state index in [1.165, 1.54) is 24.4 Å². The van der Waals surface area contributed by atoms with Gasteiger partial charge in [-0.15, -0.1) is 0 Å². The Kier molecular flexibility index (Phi) is 6.53. The Morgan fingerprint density at radius 3 is 2.27 bits per heavy atom. The van der Waals surface area contributed by atoms with E-state index < -0.39 is 43.6 Å². The average Bonchev–Trinajstić information content (AvgIpc) is 3.71. The van der Waals surface area contributed by atoms with Gasteiger partial charge in [-0.1, -0.05) is 0 Å². The van der Waals surface area contributed by atoms with Gasteiger partial charge in [0.25, 0.3) is 21.7 Å². The second-order valence-electron chi connectivity index (χ2n) is 9.20. The number of imide groups is 1. The summed E-state index contributed by atoms with van der Waals surface area (Å²) in [6, 6.07) is 10.7. The zero-order valence-corrected chi connectivity index (χ0v) is 21.6. The molecular weight excluding hydrogens is 553 g/mol. The molecule has 1 aliphatic heterocycles. The molecule has 2 heterocycles. The number of aromatic nitrogens is 1. The van der Waals surface area contributed by atoms with E-state index in [4.69, 9.17) is 4.74 Å². The summed E-state index contributed by atoms with van der Waals surface area (Å²) >= 11 is 0. The van der Waals surface area contributed by atoms with Crippen LogP contribution in [0.2, 0.25) is 0 Å². The van der Waals surface area contributed by atoms with E-state index >= 15 is 0 Å². The summed E-state index contributed by atoms with van der Waals surface area (Å²) in [6.45, 7) is -0.0671. The van der Waals surface area contributed by atoms with E-state index in [-0.39, 0.29) is 12.2 Å². The summed E-state index contributed by atoms with van der Waals surface area (Å²) in [5.41, 5.74) is -5.53. The van der Waals surface area contributed by atoms with Gasteiger partial charge in [-0.05, 0) is 73.0 Å².